The molecule has 1 fully saturated rings. The second-order valence-corrected chi connectivity index (χ2v) is 7.71. The van der Waals surface area contributed by atoms with E-state index < -0.39 is 33.5 Å². The quantitative estimate of drug-likeness (QED) is 0.611. The van der Waals surface area contributed by atoms with Crippen LogP contribution in [0.25, 0.3) is 0 Å². The van der Waals surface area contributed by atoms with Crippen molar-refractivity contribution in [2.24, 2.45) is 10.6 Å². The number of piperidine rings is 1. The lowest BCUT2D eigenvalue weighted by atomic mass is 9.76. The Hall–Kier alpha value is -1.35. The summed E-state index contributed by atoms with van der Waals surface area (Å²) < 4.78 is 21.6. The molecule has 2 amide bonds. The lowest BCUT2D eigenvalue weighted by molar-refractivity contribution is -0.148. The van der Waals surface area contributed by atoms with Crippen molar-refractivity contribution >= 4 is 22.0 Å². The number of sulfonamides is 1. The molecule has 21 heavy (non-hydrogen) atoms. The minimum Gasteiger partial charge on any atom is -0.480 e. The summed E-state index contributed by atoms with van der Waals surface area (Å²) >= 11 is 0. The van der Waals surface area contributed by atoms with Crippen molar-refractivity contribution in [1.82, 2.24) is 10.2 Å². The number of hydrogen-bond donors (Lipinski definition) is 3. The van der Waals surface area contributed by atoms with Crippen molar-refractivity contribution in [1.29, 1.82) is 0 Å². The lowest BCUT2D eigenvalue weighted by Crippen LogP contribution is -2.58. The summed E-state index contributed by atoms with van der Waals surface area (Å²) in [6, 6.07) is -1.37. The number of hydrogen-bond acceptors (Lipinski definition) is 4. The van der Waals surface area contributed by atoms with Gasteiger partial charge in [0.2, 0.25) is 10.0 Å². The Balaban J connectivity index is 2.61. The molecule has 1 aliphatic heterocycles. The second-order valence-electron chi connectivity index (χ2n) is 5.98. The molecule has 0 spiro atoms. The van der Waals surface area contributed by atoms with Crippen LogP contribution in [0.2, 0.25) is 0 Å². The Morgan fingerprint density at radius 1 is 1.43 bits per heavy atom. The number of urea groups is 1. The lowest BCUT2D eigenvalue weighted by Gasteiger charge is -2.43. The summed E-state index contributed by atoms with van der Waals surface area (Å²) in [6.45, 7) is 4.17. The molecule has 0 aromatic heterocycles. The molecule has 1 saturated heterocycles. The van der Waals surface area contributed by atoms with E-state index in [0.29, 0.717) is 6.54 Å². The maximum atomic E-state index is 12.1. The number of carboxylic acids is 1. The second kappa shape index (κ2) is 6.61. The Kier molecular flexibility index (Phi) is 5.57. The molecule has 1 unspecified atom stereocenters. The maximum Gasteiger partial charge on any atom is 0.327 e. The fourth-order valence-electron chi connectivity index (χ4n) is 2.65. The van der Waals surface area contributed by atoms with Crippen LogP contribution in [0.3, 0.4) is 0 Å². The van der Waals surface area contributed by atoms with Crippen LogP contribution in [0.1, 0.15) is 33.1 Å². The molecule has 8 nitrogen and oxygen atoms in total. The summed E-state index contributed by atoms with van der Waals surface area (Å²) in [5, 5.41) is 16.8. The standard InChI is InChI=1S/C12H23N3O5S/c1-12(2)5-3-7-15(9(12)10(16)17)11(18)14-6-4-8-21(13,19)20/h9H,3-8H2,1-2H3,(H,14,18)(H,16,17)(H2,13,19,20). The number of carboxylic acid groups (broad SMARTS) is 1. The molecule has 0 aromatic rings. The highest BCUT2D eigenvalue weighted by atomic mass is 32.2. The van der Waals surface area contributed by atoms with Crippen LogP contribution in [0.4, 0.5) is 4.79 Å². The number of aliphatic carboxylic acids is 1. The van der Waals surface area contributed by atoms with Gasteiger partial charge in [0.15, 0.2) is 0 Å². The molecule has 4 N–H and O–H groups in total. The van der Waals surface area contributed by atoms with Gasteiger partial charge in [0, 0.05) is 13.1 Å². The first kappa shape index (κ1) is 17.7. The van der Waals surface area contributed by atoms with Crippen LogP contribution in [-0.4, -0.2) is 55.3 Å². The summed E-state index contributed by atoms with van der Waals surface area (Å²) in [5.41, 5.74) is -0.498. The van der Waals surface area contributed by atoms with Gasteiger partial charge >= 0.3 is 12.0 Å². The van der Waals surface area contributed by atoms with E-state index in [9.17, 15) is 23.1 Å². The van der Waals surface area contributed by atoms with Gasteiger partial charge < -0.3 is 15.3 Å². The largest absolute Gasteiger partial charge is 0.480 e. The van der Waals surface area contributed by atoms with Gasteiger partial charge in [-0.15, -0.1) is 0 Å². The molecule has 0 aliphatic carbocycles. The number of nitrogens with two attached hydrogens (primary N) is 1. The van der Waals surface area contributed by atoms with E-state index in [0.717, 1.165) is 12.8 Å². The van der Waals surface area contributed by atoms with E-state index >= 15 is 0 Å². The summed E-state index contributed by atoms with van der Waals surface area (Å²) in [5.74, 6) is -1.25. The summed E-state index contributed by atoms with van der Waals surface area (Å²) in [6.07, 6.45) is 1.67. The minimum atomic E-state index is -3.55. The number of carbonyl (C=O) groups is 2. The van der Waals surface area contributed by atoms with Crippen LogP contribution in [0, 0.1) is 5.41 Å². The highest BCUT2D eigenvalue weighted by molar-refractivity contribution is 7.89. The molecule has 1 heterocycles. The van der Waals surface area contributed by atoms with E-state index in [1.54, 1.807) is 0 Å². The van der Waals surface area contributed by atoms with Gasteiger partial charge in [-0.3, -0.25) is 0 Å². The zero-order chi connectivity index (χ0) is 16.3. The zero-order valence-corrected chi connectivity index (χ0v) is 13.1. The summed E-state index contributed by atoms with van der Waals surface area (Å²) in [7, 11) is -3.55. The minimum absolute atomic E-state index is 0.137. The first-order valence-electron chi connectivity index (χ1n) is 6.82. The number of nitrogens with zero attached hydrogens (tertiary/aromatic N) is 1. The molecular formula is C12H23N3O5S. The molecule has 122 valence electrons. The van der Waals surface area contributed by atoms with E-state index in [4.69, 9.17) is 5.14 Å². The van der Waals surface area contributed by atoms with Gasteiger partial charge in [-0.2, -0.15) is 0 Å². The molecule has 1 atom stereocenters. The van der Waals surface area contributed by atoms with Crippen LogP contribution < -0.4 is 10.5 Å². The number of amides is 2. The van der Waals surface area contributed by atoms with Gasteiger partial charge in [-0.25, -0.2) is 23.1 Å². The predicted octanol–water partition coefficient (Wildman–Crippen LogP) is -0.0502. The first-order chi connectivity index (χ1) is 9.54. The van der Waals surface area contributed by atoms with Gasteiger partial charge in [-0.1, -0.05) is 13.8 Å². The monoisotopic (exact) mass is 321 g/mol. The first-order valence-corrected chi connectivity index (χ1v) is 8.54. The topological polar surface area (TPSA) is 130 Å². The smallest absolute Gasteiger partial charge is 0.327 e. The molecule has 0 saturated carbocycles. The fourth-order valence-corrected chi connectivity index (χ4v) is 3.20. The van der Waals surface area contributed by atoms with Crippen molar-refractivity contribution in [2.45, 2.75) is 39.2 Å². The fraction of sp³-hybridized carbons (Fsp3) is 0.833. The molecule has 1 rings (SSSR count). The zero-order valence-electron chi connectivity index (χ0n) is 12.3. The van der Waals surface area contributed by atoms with Gasteiger partial charge in [0.05, 0.1) is 5.75 Å². The summed E-state index contributed by atoms with van der Waals surface area (Å²) in [4.78, 5) is 24.8. The molecule has 0 bridgehead atoms. The number of carbonyl (C=O) groups excluding carboxylic acids is 1. The van der Waals surface area contributed by atoms with Crippen LogP contribution in [0.15, 0.2) is 0 Å². The number of likely N-dealkylation sites (tertiary alicyclic amines) is 1. The van der Waals surface area contributed by atoms with Crippen molar-refractivity contribution in [3.05, 3.63) is 0 Å². The van der Waals surface area contributed by atoms with Crippen LogP contribution >= 0.6 is 0 Å². The Morgan fingerprint density at radius 2 is 2.05 bits per heavy atom. The molecule has 1 aliphatic rings. The third-order valence-corrected chi connectivity index (χ3v) is 4.51. The maximum absolute atomic E-state index is 12.1. The van der Waals surface area contributed by atoms with Crippen LogP contribution in [-0.2, 0) is 14.8 Å². The highest BCUT2D eigenvalue weighted by Gasteiger charge is 2.44. The average molecular weight is 321 g/mol. The average Bonchev–Trinajstić information content (AvgIpc) is 2.31. The van der Waals surface area contributed by atoms with Crippen molar-refractivity contribution in [3.63, 3.8) is 0 Å². The van der Waals surface area contributed by atoms with Gasteiger partial charge in [-0.05, 0) is 24.7 Å². The molecular weight excluding hydrogens is 298 g/mol. The third kappa shape index (κ3) is 5.16. The van der Waals surface area contributed by atoms with E-state index in [-0.39, 0.29) is 18.7 Å². The van der Waals surface area contributed by atoms with E-state index in [1.807, 2.05) is 13.8 Å². The molecule has 9 heteroatoms. The van der Waals surface area contributed by atoms with Gasteiger partial charge in [0.1, 0.15) is 6.04 Å². The van der Waals surface area contributed by atoms with Crippen molar-refractivity contribution in [2.75, 3.05) is 18.8 Å². The molecule has 0 radical (unpaired) electrons. The Bertz CT molecular complexity index is 503. The van der Waals surface area contributed by atoms with Crippen LogP contribution in [0.5, 0.6) is 0 Å². The SMILES string of the molecule is CC1(C)CCCN(C(=O)NCCCS(N)(=O)=O)C1C(=O)O. The Morgan fingerprint density at radius 3 is 2.57 bits per heavy atom. The molecule has 0 aromatic carbocycles. The van der Waals surface area contributed by atoms with E-state index in [2.05, 4.69) is 5.32 Å². The number of primary sulfonamides is 1. The normalized spacial score (nSPS) is 21.9. The van der Waals surface area contributed by atoms with Crippen molar-refractivity contribution < 1.29 is 23.1 Å². The third-order valence-electron chi connectivity index (χ3n) is 3.65. The Labute approximate surface area is 124 Å². The van der Waals surface area contributed by atoms with E-state index in [1.165, 1.54) is 4.90 Å². The number of rotatable bonds is 5. The highest BCUT2D eigenvalue weighted by Crippen LogP contribution is 2.35. The van der Waals surface area contributed by atoms with Gasteiger partial charge in [0.25, 0.3) is 0 Å². The van der Waals surface area contributed by atoms with Crippen molar-refractivity contribution in [3.8, 4) is 0 Å². The predicted molar refractivity (Wildman–Crippen MR) is 77.1 cm³/mol. The number of nitrogens with one attached hydrogen (secondary N) is 1.